The Labute approximate surface area is 157 Å². The molecule has 26 heavy (non-hydrogen) atoms. The predicted molar refractivity (Wildman–Crippen MR) is 106 cm³/mol. The van der Waals surface area contributed by atoms with Gasteiger partial charge in [0, 0.05) is 55.8 Å². The first-order chi connectivity index (χ1) is 12.7. The molecule has 0 aliphatic carbocycles. The molecular formula is C19H21ClN6. The molecule has 0 radical (unpaired) electrons. The summed E-state index contributed by atoms with van der Waals surface area (Å²) in [5.74, 6) is 0. The second kappa shape index (κ2) is 7.43. The van der Waals surface area contributed by atoms with Crippen LogP contribution >= 0.6 is 11.6 Å². The normalized spacial score (nSPS) is 17.5. The number of rotatable bonds is 4. The van der Waals surface area contributed by atoms with Crippen LogP contribution in [0.2, 0.25) is 5.02 Å². The molecule has 1 aliphatic heterocycles. The number of pyridine rings is 1. The van der Waals surface area contributed by atoms with Gasteiger partial charge in [0.1, 0.15) is 0 Å². The highest BCUT2D eigenvalue weighted by molar-refractivity contribution is 6.32. The zero-order valence-electron chi connectivity index (χ0n) is 14.6. The maximum absolute atomic E-state index is 6.44. The Morgan fingerprint density at radius 2 is 2.04 bits per heavy atom. The number of fused-ring (bicyclic) bond motifs is 1. The molecule has 0 spiro atoms. The molecular weight excluding hydrogens is 348 g/mol. The van der Waals surface area contributed by atoms with Crippen molar-refractivity contribution in [2.45, 2.75) is 19.5 Å². The van der Waals surface area contributed by atoms with Crippen LogP contribution in [0.5, 0.6) is 0 Å². The number of nitrogens with zero attached hydrogens (tertiary/aromatic N) is 4. The average Bonchev–Trinajstić information content (AvgIpc) is 2.67. The van der Waals surface area contributed by atoms with Gasteiger partial charge in [-0.2, -0.15) is 0 Å². The van der Waals surface area contributed by atoms with Gasteiger partial charge < -0.3 is 15.5 Å². The number of nitrogens with one attached hydrogen (secondary N) is 2. The van der Waals surface area contributed by atoms with Crippen molar-refractivity contribution in [2.24, 2.45) is 0 Å². The Kier molecular flexibility index (Phi) is 4.86. The molecule has 4 rings (SSSR count). The Bertz CT molecular complexity index is 915. The van der Waals surface area contributed by atoms with Crippen LogP contribution in [0.15, 0.2) is 43.0 Å². The first kappa shape index (κ1) is 17.0. The van der Waals surface area contributed by atoms with Crippen molar-refractivity contribution in [1.29, 1.82) is 0 Å². The average molecular weight is 369 g/mol. The third-order valence-corrected chi connectivity index (χ3v) is 5.07. The van der Waals surface area contributed by atoms with Gasteiger partial charge in [-0.25, -0.2) is 0 Å². The third-order valence-electron chi connectivity index (χ3n) is 4.72. The van der Waals surface area contributed by atoms with Crippen molar-refractivity contribution in [2.75, 3.05) is 29.9 Å². The molecule has 2 N–H and O–H groups in total. The minimum Gasteiger partial charge on any atom is -0.378 e. The molecule has 0 amide bonds. The number of anilines is 2. The van der Waals surface area contributed by atoms with E-state index in [-0.39, 0.29) is 0 Å². The number of halogens is 1. The van der Waals surface area contributed by atoms with Crippen molar-refractivity contribution in [3.63, 3.8) is 0 Å². The van der Waals surface area contributed by atoms with E-state index in [1.165, 1.54) is 5.69 Å². The quantitative estimate of drug-likeness (QED) is 0.737. The van der Waals surface area contributed by atoms with E-state index in [1.807, 2.05) is 24.5 Å². The molecule has 3 heterocycles. The molecule has 134 valence electrons. The van der Waals surface area contributed by atoms with E-state index >= 15 is 0 Å². The van der Waals surface area contributed by atoms with Crippen LogP contribution in [-0.2, 0) is 6.54 Å². The van der Waals surface area contributed by atoms with E-state index in [1.54, 1.807) is 12.4 Å². The molecule has 7 heteroatoms. The Morgan fingerprint density at radius 3 is 2.85 bits per heavy atom. The summed E-state index contributed by atoms with van der Waals surface area (Å²) >= 11 is 6.44. The lowest BCUT2D eigenvalue weighted by Gasteiger charge is -2.37. The molecule has 1 atom stereocenters. The fraction of sp³-hybridized carbons (Fsp3) is 0.316. The SMILES string of the molecule is C[C@H]1CNCCN1c1ccncc1NCc1cc2nccnc2cc1Cl. The van der Waals surface area contributed by atoms with Crippen LogP contribution in [0.1, 0.15) is 12.5 Å². The molecule has 0 bridgehead atoms. The van der Waals surface area contributed by atoms with Gasteiger partial charge in [0.2, 0.25) is 0 Å². The van der Waals surface area contributed by atoms with Crippen molar-refractivity contribution >= 4 is 34.0 Å². The Hall–Kier alpha value is -2.44. The zero-order chi connectivity index (χ0) is 17.9. The first-order valence-corrected chi connectivity index (χ1v) is 9.14. The summed E-state index contributed by atoms with van der Waals surface area (Å²) in [6.07, 6.45) is 7.08. The molecule has 1 aromatic carbocycles. The molecule has 1 saturated heterocycles. The summed E-state index contributed by atoms with van der Waals surface area (Å²) in [5, 5.41) is 7.61. The zero-order valence-corrected chi connectivity index (χ0v) is 15.4. The fourth-order valence-electron chi connectivity index (χ4n) is 3.33. The first-order valence-electron chi connectivity index (χ1n) is 8.77. The van der Waals surface area contributed by atoms with E-state index < -0.39 is 0 Å². The van der Waals surface area contributed by atoms with Crippen LogP contribution in [0.4, 0.5) is 11.4 Å². The van der Waals surface area contributed by atoms with Crippen LogP contribution in [0, 0.1) is 0 Å². The minimum atomic E-state index is 0.436. The van der Waals surface area contributed by atoms with Gasteiger partial charge in [0.05, 0.1) is 28.6 Å². The van der Waals surface area contributed by atoms with Gasteiger partial charge in [-0.1, -0.05) is 11.6 Å². The minimum absolute atomic E-state index is 0.436. The predicted octanol–water partition coefficient (Wildman–Crippen LogP) is 3.09. The van der Waals surface area contributed by atoms with Crippen molar-refractivity contribution in [1.82, 2.24) is 20.3 Å². The summed E-state index contributed by atoms with van der Waals surface area (Å²) in [4.78, 5) is 15.4. The van der Waals surface area contributed by atoms with E-state index in [4.69, 9.17) is 11.6 Å². The van der Waals surface area contributed by atoms with Crippen molar-refractivity contribution in [3.8, 4) is 0 Å². The molecule has 0 saturated carbocycles. The maximum atomic E-state index is 6.44. The van der Waals surface area contributed by atoms with Gasteiger partial charge in [0.25, 0.3) is 0 Å². The number of piperazine rings is 1. The van der Waals surface area contributed by atoms with Crippen LogP contribution in [0.25, 0.3) is 11.0 Å². The van der Waals surface area contributed by atoms with E-state index in [0.29, 0.717) is 17.6 Å². The number of aromatic nitrogens is 3. The van der Waals surface area contributed by atoms with Crippen LogP contribution < -0.4 is 15.5 Å². The van der Waals surface area contributed by atoms with Gasteiger partial charge in [-0.05, 0) is 30.7 Å². The highest BCUT2D eigenvalue weighted by atomic mass is 35.5. The van der Waals surface area contributed by atoms with Gasteiger partial charge in [-0.3, -0.25) is 15.0 Å². The topological polar surface area (TPSA) is 66.0 Å². The van der Waals surface area contributed by atoms with Gasteiger partial charge >= 0.3 is 0 Å². The second-order valence-corrected chi connectivity index (χ2v) is 6.89. The number of hydrogen-bond donors (Lipinski definition) is 2. The van der Waals surface area contributed by atoms with E-state index in [9.17, 15) is 0 Å². The number of benzene rings is 1. The fourth-order valence-corrected chi connectivity index (χ4v) is 3.55. The molecule has 1 fully saturated rings. The second-order valence-electron chi connectivity index (χ2n) is 6.48. The largest absolute Gasteiger partial charge is 0.378 e. The number of hydrogen-bond acceptors (Lipinski definition) is 6. The highest BCUT2D eigenvalue weighted by Crippen LogP contribution is 2.29. The molecule has 2 aromatic heterocycles. The summed E-state index contributed by atoms with van der Waals surface area (Å²) in [6, 6.07) is 6.36. The summed E-state index contributed by atoms with van der Waals surface area (Å²) in [7, 11) is 0. The molecule has 3 aromatic rings. The monoisotopic (exact) mass is 368 g/mol. The van der Waals surface area contributed by atoms with Gasteiger partial charge in [-0.15, -0.1) is 0 Å². The lowest BCUT2D eigenvalue weighted by atomic mass is 10.1. The van der Waals surface area contributed by atoms with Crippen LogP contribution in [0.3, 0.4) is 0 Å². The Morgan fingerprint density at radius 1 is 1.23 bits per heavy atom. The lowest BCUT2D eigenvalue weighted by Crippen LogP contribution is -2.50. The van der Waals surface area contributed by atoms with Gasteiger partial charge in [0.15, 0.2) is 0 Å². The lowest BCUT2D eigenvalue weighted by molar-refractivity contribution is 0.501. The standard InChI is InChI=1S/C19H21ClN6/c1-13-10-22-6-7-26(13)19-2-3-21-12-18(19)25-11-14-8-16-17(9-15(14)20)24-5-4-23-16/h2-5,8-9,12-13,22,25H,6-7,10-11H2,1H3/t13-/m0/s1. The molecule has 6 nitrogen and oxygen atoms in total. The molecule has 1 aliphatic rings. The highest BCUT2D eigenvalue weighted by Gasteiger charge is 2.20. The third kappa shape index (κ3) is 3.43. The smallest absolute Gasteiger partial charge is 0.0901 e. The van der Waals surface area contributed by atoms with Crippen molar-refractivity contribution in [3.05, 3.63) is 53.6 Å². The van der Waals surface area contributed by atoms with E-state index in [0.717, 1.165) is 41.9 Å². The van der Waals surface area contributed by atoms with Crippen LogP contribution in [-0.4, -0.2) is 40.6 Å². The summed E-state index contributed by atoms with van der Waals surface area (Å²) in [5.41, 5.74) is 4.82. The maximum Gasteiger partial charge on any atom is 0.0901 e. The van der Waals surface area contributed by atoms with E-state index in [2.05, 4.69) is 43.5 Å². The molecule has 0 unspecified atom stereocenters. The van der Waals surface area contributed by atoms with Crippen molar-refractivity contribution < 1.29 is 0 Å². The summed E-state index contributed by atoms with van der Waals surface area (Å²) in [6.45, 7) is 5.78. The Balaban J connectivity index is 1.58. The summed E-state index contributed by atoms with van der Waals surface area (Å²) < 4.78 is 0.